The Labute approximate surface area is 86.6 Å². The van der Waals surface area contributed by atoms with Crippen LogP contribution in [0.15, 0.2) is 30.9 Å². The van der Waals surface area contributed by atoms with Crippen molar-refractivity contribution in [2.45, 2.75) is 6.54 Å². The molecule has 1 N–H and O–H groups in total. The molecule has 0 atom stereocenters. The van der Waals surface area contributed by atoms with E-state index in [0.29, 0.717) is 12.2 Å². The molecule has 0 amide bonds. The summed E-state index contributed by atoms with van der Waals surface area (Å²) in [7, 11) is 1.75. The molecule has 0 fully saturated rings. The zero-order valence-corrected chi connectivity index (χ0v) is 8.29. The zero-order chi connectivity index (χ0) is 10.8. The minimum Gasteiger partial charge on any atom is -0.477 e. The molecule has 0 saturated carbocycles. The average molecular weight is 205 g/mol. The second kappa shape index (κ2) is 3.61. The Morgan fingerprint density at radius 2 is 2.33 bits per heavy atom. The van der Waals surface area contributed by atoms with Crippen molar-refractivity contribution in [1.82, 2.24) is 14.1 Å². The molecule has 15 heavy (non-hydrogen) atoms. The van der Waals surface area contributed by atoms with Crippen LogP contribution in [0.2, 0.25) is 0 Å². The molecule has 5 heteroatoms. The molecule has 0 aromatic carbocycles. The molecule has 2 rings (SSSR count). The number of rotatable bonds is 3. The quantitative estimate of drug-likeness (QED) is 0.812. The van der Waals surface area contributed by atoms with Gasteiger partial charge in [0, 0.05) is 25.1 Å². The Hall–Kier alpha value is -2.04. The van der Waals surface area contributed by atoms with Crippen molar-refractivity contribution >= 4 is 5.97 Å². The maximum atomic E-state index is 10.8. The number of carboxylic acid groups (broad SMARTS) is 1. The van der Waals surface area contributed by atoms with Crippen LogP contribution in [0.1, 0.15) is 16.2 Å². The van der Waals surface area contributed by atoms with Crippen LogP contribution in [0.4, 0.5) is 0 Å². The Kier molecular flexibility index (Phi) is 2.29. The summed E-state index contributed by atoms with van der Waals surface area (Å²) in [4.78, 5) is 14.7. The Bertz CT molecular complexity index is 471. The molecule has 5 nitrogen and oxygen atoms in total. The van der Waals surface area contributed by atoms with Crippen LogP contribution in [0.3, 0.4) is 0 Å². The fraction of sp³-hybridized carbons (Fsp3) is 0.200. The lowest BCUT2D eigenvalue weighted by Gasteiger charge is -2.05. The molecule has 0 radical (unpaired) electrons. The van der Waals surface area contributed by atoms with Gasteiger partial charge in [-0.05, 0) is 12.1 Å². The van der Waals surface area contributed by atoms with Gasteiger partial charge in [-0.3, -0.25) is 0 Å². The van der Waals surface area contributed by atoms with E-state index in [4.69, 9.17) is 5.11 Å². The summed E-state index contributed by atoms with van der Waals surface area (Å²) in [6, 6.07) is 3.41. The summed E-state index contributed by atoms with van der Waals surface area (Å²) in [5.74, 6) is -0.908. The van der Waals surface area contributed by atoms with Gasteiger partial charge in [0.1, 0.15) is 5.69 Å². The summed E-state index contributed by atoms with van der Waals surface area (Å²) in [6.45, 7) is 0.629. The third-order valence-electron chi connectivity index (χ3n) is 2.35. The van der Waals surface area contributed by atoms with E-state index in [1.54, 1.807) is 30.2 Å². The highest BCUT2D eigenvalue weighted by molar-refractivity contribution is 5.86. The second-order valence-corrected chi connectivity index (χ2v) is 3.31. The van der Waals surface area contributed by atoms with Crippen molar-refractivity contribution in [3.63, 3.8) is 0 Å². The van der Waals surface area contributed by atoms with Gasteiger partial charge in [-0.25, -0.2) is 9.78 Å². The van der Waals surface area contributed by atoms with Crippen LogP contribution < -0.4 is 0 Å². The van der Waals surface area contributed by atoms with Gasteiger partial charge in [-0.15, -0.1) is 0 Å². The lowest BCUT2D eigenvalue weighted by Crippen LogP contribution is -2.09. The van der Waals surface area contributed by atoms with Gasteiger partial charge in [0.25, 0.3) is 0 Å². The summed E-state index contributed by atoms with van der Waals surface area (Å²) >= 11 is 0. The van der Waals surface area contributed by atoms with Crippen molar-refractivity contribution in [1.29, 1.82) is 0 Å². The summed E-state index contributed by atoms with van der Waals surface area (Å²) in [5.41, 5.74) is 1.23. The van der Waals surface area contributed by atoms with Crippen molar-refractivity contribution in [3.05, 3.63) is 42.2 Å². The average Bonchev–Trinajstić information content (AvgIpc) is 2.78. The molecule has 0 bridgehead atoms. The first-order valence-corrected chi connectivity index (χ1v) is 4.52. The van der Waals surface area contributed by atoms with Crippen molar-refractivity contribution < 1.29 is 9.90 Å². The molecule has 2 aromatic heterocycles. The zero-order valence-electron chi connectivity index (χ0n) is 8.29. The Morgan fingerprint density at radius 3 is 2.87 bits per heavy atom. The fourth-order valence-corrected chi connectivity index (χ4v) is 1.49. The summed E-state index contributed by atoms with van der Waals surface area (Å²) in [6.07, 6.45) is 5.24. The van der Waals surface area contributed by atoms with Gasteiger partial charge >= 0.3 is 5.97 Å². The Morgan fingerprint density at radius 1 is 1.53 bits per heavy atom. The van der Waals surface area contributed by atoms with Crippen LogP contribution in [0, 0.1) is 0 Å². The highest BCUT2D eigenvalue weighted by Gasteiger charge is 2.10. The molecule has 0 aliphatic carbocycles. The number of carbonyl (C=O) groups is 1. The highest BCUT2D eigenvalue weighted by atomic mass is 16.4. The fourth-order valence-electron chi connectivity index (χ4n) is 1.49. The monoisotopic (exact) mass is 205 g/mol. The minimum atomic E-state index is -0.908. The largest absolute Gasteiger partial charge is 0.477 e. The van der Waals surface area contributed by atoms with Gasteiger partial charge in [-0.2, -0.15) is 0 Å². The topological polar surface area (TPSA) is 60.0 Å². The van der Waals surface area contributed by atoms with Crippen LogP contribution >= 0.6 is 0 Å². The summed E-state index contributed by atoms with van der Waals surface area (Å²) in [5, 5.41) is 8.87. The van der Waals surface area contributed by atoms with E-state index in [0.717, 1.165) is 5.69 Å². The molecule has 2 aromatic rings. The third kappa shape index (κ3) is 1.76. The molecule has 0 spiro atoms. The van der Waals surface area contributed by atoms with Crippen molar-refractivity contribution in [2.75, 3.05) is 0 Å². The molecular weight excluding hydrogens is 194 g/mol. The van der Waals surface area contributed by atoms with Gasteiger partial charge in [0.2, 0.25) is 0 Å². The van der Waals surface area contributed by atoms with Crippen molar-refractivity contribution in [2.24, 2.45) is 7.05 Å². The maximum Gasteiger partial charge on any atom is 0.352 e. The highest BCUT2D eigenvalue weighted by Crippen LogP contribution is 2.08. The van der Waals surface area contributed by atoms with Crippen LogP contribution in [0.5, 0.6) is 0 Å². The van der Waals surface area contributed by atoms with E-state index < -0.39 is 5.97 Å². The Balaban J connectivity index is 2.27. The smallest absolute Gasteiger partial charge is 0.352 e. The number of hydrogen-bond acceptors (Lipinski definition) is 2. The number of aromatic nitrogens is 3. The summed E-state index contributed by atoms with van der Waals surface area (Å²) < 4.78 is 3.56. The first-order chi connectivity index (χ1) is 7.18. The first-order valence-electron chi connectivity index (χ1n) is 4.52. The van der Waals surface area contributed by atoms with Crippen LogP contribution in [-0.2, 0) is 13.6 Å². The van der Waals surface area contributed by atoms with Crippen LogP contribution in [0.25, 0.3) is 0 Å². The SMILES string of the molecule is Cn1c(Cn2ccnc2)ccc1C(=O)O. The van der Waals surface area contributed by atoms with E-state index >= 15 is 0 Å². The third-order valence-corrected chi connectivity index (χ3v) is 2.35. The molecule has 0 aliphatic heterocycles. The molecule has 2 heterocycles. The number of imidazole rings is 1. The van der Waals surface area contributed by atoms with E-state index in [1.165, 1.54) is 0 Å². The standard InChI is InChI=1S/C10H11N3O2/c1-12-8(2-3-9(12)10(14)15)6-13-5-4-11-7-13/h2-5,7H,6H2,1H3,(H,14,15). The van der Waals surface area contributed by atoms with Gasteiger partial charge in [0.15, 0.2) is 0 Å². The molecule has 0 aliphatic rings. The van der Waals surface area contributed by atoms with Crippen molar-refractivity contribution in [3.8, 4) is 0 Å². The number of carboxylic acids is 1. The predicted octanol–water partition coefficient (Wildman–Crippen LogP) is 0.968. The predicted molar refractivity (Wildman–Crippen MR) is 53.7 cm³/mol. The lowest BCUT2D eigenvalue weighted by atomic mass is 10.4. The van der Waals surface area contributed by atoms with E-state index in [2.05, 4.69) is 4.98 Å². The molecular formula is C10H11N3O2. The number of nitrogens with zero attached hydrogens (tertiary/aromatic N) is 3. The lowest BCUT2D eigenvalue weighted by molar-refractivity contribution is 0.0686. The van der Waals surface area contributed by atoms with E-state index in [1.807, 2.05) is 16.8 Å². The molecule has 0 saturated heterocycles. The second-order valence-electron chi connectivity index (χ2n) is 3.31. The van der Waals surface area contributed by atoms with E-state index in [-0.39, 0.29) is 0 Å². The van der Waals surface area contributed by atoms with Gasteiger partial charge in [0.05, 0.1) is 12.9 Å². The molecule has 78 valence electrons. The number of aromatic carboxylic acids is 1. The minimum absolute atomic E-state index is 0.296. The first kappa shape index (κ1) is 9.51. The molecule has 0 unspecified atom stereocenters. The maximum absolute atomic E-state index is 10.8. The van der Waals surface area contributed by atoms with Crippen LogP contribution in [-0.4, -0.2) is 25.2 Å². The van der Waals surface area contributed by atoms with Gasteiger partial charge in [-0.1, -0.05) is 0 Å². The number of hydrogen-bond donors (Lipinski definition) is 1. The van der Waals surface area contributed by atoms with E-state index in [9.17, 15) is 4.79 Å². The normalized spacial score (nSPS) is 10.5. The van der Waals surface area contributed by atoms with Gasteiger partial charge < -0.3 is 14.2 Å².